The van der Waals surface area contributed by atoms with Crippen LogP contribution in [0.25, 0.3) is 0 Å². The van der Waals surface area contributed by atoms with E-state index in [4.69, 9.17) is 5.73 Å². The number of hydrogen-bond acceptors (Lipinski definition) is 2. The molecule has 0 bridgehead atoms. The van der Waals surface area contributed by atoms with Crippen molar-refractivity contribution in [3.05, 3.63) is 71.8 Å². The minimum Gasteiger partial charge on any atom is -0.383 e. The van der Waals surface area contributed by atoms with Crippen LogP contribution in [0.15, 0.2) is 60.7 Å². The molecule has 2 nitrogen and oxygen atoms in total. The summed E-state index contributed by atoms with van der Waals surface area (Å²) in [7, 11) is 0. The van der Waals surface area contributed by atoms with Crippen molar-refractivity contribution in [1.82, 2.24) is 0 Å². The molecule has 0 saturated carbocycles. The van der Waals surface area contributed by atoms with Gasteiger partial charge in [-0.3, -0.25) is 0 Å². The van der Waals surface area contributed by atoms with E-state index in [9.17, 15) is 5.11 Å². The number of nitrogens with two attached hydrogens (primary N) is 1. The first-order valence-electron chi connectivity index (χ1n) is 6.20. The van der Waals surface area contributed by atoms with E-state index in [0.29, 0.717) is 6.42 Å². The molecule has 0 unspecified atom stereocenters. The SMILES string of the molecule is C[C@H](N)[C@](O)(Cc1ccccc1)c1ccccc1. The van der Waals surface area contributed by atoms with Crippen LogP contribution in [0.4, 0.5) is 0 Å². The van der Waals surface area contributed by atoms with Crippen LogP contribution in [0.3, 0.4) is 0 Å². The second-order valence-corrected chi connectivity index (χ2v) is 4.74. The van der Waals surface area contributed by atoms with Crippen molar-refractivity contribution in [3.63, 3.8) is 0 Å². The van der Waals surface area contributed by atoms with Gasteiger partial charge in [0.1, 0.15) is 5.60 Å². The largest absolute Gasteiger partial charge is 0.383 e. The Morgan fingerprint density at radius 3 is 2.00 bits per heavy atom. The number of aliphatic hydroxyl groups is 1. The molecule has 2 heteroatoms. The van der Waals surface area contributed by atoms with Crippen molar-refractivity contribution in [2.75, 3.05) is 0 Å². The lowest BCUT2D eigenvalue weighted by Gasteiger charge is -2.32. The zero-order valence-electron chi connectivity index (χ0n) is 10.6. The van der Waals surface area contributed by atoms with Crippen molar-refractivity contribution in [2.24, 2.45) is 5.73 Å². The quantitative estimate of drug-likeness (QED) is 0.863. The van der Waals surface area contributed by atoms with E-state index in [1.54, 1.807) is 0 Å². The van der Waals surface area contributed by atoms with Gasteiger partial charge in [-0.05, 0) is 18.1 Å². The summed E-state index contributed by atoms with van der Waals surface area (Å²) in [6.45, 7) is 1.84. The number of rotatable bonds is 4. The first-order chi connectivity index (χ1) is 8.63. The van der Waals surface area contributed by atoms with Crippen molar-refractivity contribution >= 4 is 0 Å². The van der Waals surface area contributed by atoms with Gasteiger partial charge < -0.3 is 10.8 Å². The zero-order chi connectivity index (χ0) is 13.0. The molecule has 0 radical (unpaired) electrons. The molecule has 0 aliphatic rings. The summed E-state index contributed by atoms with van der Waals surface area (Å²) in [5.41, 5.74) is 6.92. The Hall–Kier alpha value is -1.64. The molecule has 0 aliphatic carbocycles. The van der Waals surface area contributed by atoms with Gasteiger partial charge in [0.25, 0.3) is 0 Å². The second kappa shape index (κ2) is 5.34. The lowest BCUT2D eigenvalue weighted by molar-refractivity contribution is 0.0153. The minimum absolute atomic E-state index is 0.333. The van der Waals surface area contributed by atoms with E-state index >= 15 is 0 Å². The Bertz CT molecular complexity index is 481. The lowest BCUT2D eigenvalue weighted by Crippen LogP contribution is -2.45. The van der Waals surface area contributed by atoms with Crippen LogP contribution in [-0.4, -0.2) is 11.1 Å². The predicted octanol–water partition coefficient (Wildman–Crippen LogP) is 2.46. The third-order valence-corrected chi connectivity index (χ3v) is 3.34. The van der Waals surface area contributed by atoms with Gasteiger partial charge in [0, 0.05) is 12.5 Å². The van der Waals surface area contributed by atoms with Crippen molar-refractivity contribution < 1.29 is 5.11 Å². The maximum absolute atomic E-state index is 10.9. The monoisotopic (exact) mass is 241 g/mol. The summed E-state index contributed by atoms with van der Waals surface area (Å²) in [4.78, 5) is 0. The second-order valence-electron chi connectivity index (χ2n) is 4.74. The van der Waals surface area contributed by atoms with E-state index in [1.165, 1.54) is 0 Å². The molecule has 2 atom stereocenters. The van der Waals surface area contributed by atoms with Gasteiger partial charge >= 0.3 is 0 Å². The minimum atomic E-state index is -1.03. The standard InChI is InChI=1S/C16H19NO/c1-13(17)16(18,15-10-6-3-7-11-15)12-14-8-4-2-5-9-14/h2-11,13,18H,12,17H2,1H3/t13-,16+/m0/s1. The van der Waals surface area contributed by atoms with Crippen LogP contribution in [0, 0.1) is 0 Å². The summed E-state index contributed by atoms with van der Waals surface area (Å²) in [6, 6.07) is 19.2. The van der Waals surface area contributed by atoms with Crippen LogP contribution < -0.4 is 5.73 Å². The van der Waals surface area contributed by atoms with Gasteiger partial charge in [0.05, 0.1) is 0 Å². The van der Waals surface area contributed by atoms with Crippen molar-refractivity contribution in [2.45, 2.75) is 25.0 Å². The van der Waals surface area contributed by atoms with Gasteiger partial charge in [-0.15, -0.1) is 0 Å². The molecule has 94 valence electrons. The molecule has 2 aromatic carbocycles. The summed E-state index contributed by atoms with van der Waals surface area (Å²) in [5.74, 6) is 0. The Morgan fingerprint density at radius 2 is 1.50 bits per heavy atom. The molecule has 2 rings (SSSR count). The molecule has 18 heavy (non-hydrogen) atoms. The molecule has 0 amide bonds. The molecular weight excluding hydrogens is 222 g/mol. The van der Waals surface area contributed by atoms with Crippen LogP contribution in [0.1, 0.15) is 18.1 Å². The van der Waals surface area contributed by atoms with Gasteiger partial charge in [0.2, 0.25) is 0 Å². The third-order valence-electron chi connectivity index (χ3n) is 3.34. The van der Waals surface area contributed by atoms with E-state index in [1.807, 2.05) is 67.6 Å². The molecule has 2 aromatic rings. The molecule has 0 saturated heterocycles. The van der Waals surface area contributed by atoms with E-state index in [2.05, 4.69) is 0 Å². The fourth-order valence-electron chi connectivity index (χ4n) is 2.16. The van der Waals surface area contributed by atoms with Gasteiger partial charge in [-0.25, -0.2) is 0 Å². The Morgan fingerprint density at radius 1 is 1.00 bits per heavy atom. The van der Waals surface area contributed by atoms with Crippen molar-refractivity contribution in [1.29, 1.82) is 0 Å². The molecule has 3 N–H and O–H groups in total. The fraction of sp³-hybridized carbons (Fsp3) is 0.250. The molecular formula is C16H19NO. The molecule has 0 aliphatic heterocycles. The highest BCUT2D eigenvalue weighted by atomic mass is 16.3. The van der Waals surface area contributed by atoms with Gasteiger partial charge in [0.15, 0.2) is 0 Å². The molecule has 0 aromatic heterocycles. The van der Waals surface area contributed by atoms with Gasteiger partial charge in [-0.1, -0.05) is 60.7 Å². The zero-order valence-corrected chi connectivity index (χ0v) is 10.6. The summed E-state index contributed by atoms with van der Waals surface area (Å²) < 4.78 is 0. The summed E-state index contributed by atoms with van der Waals surface area (Å²) in [5, 5.41) is 10.9. The third kappa shape index (κ3) is 2.61. The van der Waals surface area contributed by atoms with Crippen LogP contribution in [-0.2, 0) is 12.0 Å². The van der Waals surface area contributed by atoms with Gasteiger partial charge in [-0.2, -0.15) is 0 Å². The highest BCUT2D eigenvalue weighted by Crippen LogP contribution is 2.28. The number of hydrogen-bond donors (Lipinski definition) is 2. The first-order valence-corrected chi connectivity index (χ1v) is 6.20. The first kappa shape index (κ1) is 12.8. The molecule has 0 spiro atoms. The maximum atomic E-state index is 10.9. The Kier molecular flexibility index (Phi) is 3.80. The molecule has 0 heterocycles. The van der Waals surface area contributed by atoms with E-state index < -0.39 is 5.60 Å². The fourth-order valence-corrected chi connectivity index (χ4v) is 2.16. The summed E-state index contributed by atoms with van der Waals surface area (Å²) in [6.07, 6.45) is 0.523. The average Bonchev–Trinajstić information content (AvgIpc) is 2.40. The Labute approximate surface area is 108 Å². The maximum Gasteiger partial charge on any atom is 0.108 e. The predicted molar refractivity (Wildman–Crippen MR) is 74.1 cm³/mol. The molecule has 0 fully saturated rings. The normalized spacial score (nSPS) is 15.9. The topological polar surface area (TPSA) is 46.2 Å². The average molecular weight is 241 g/mol. The highest BCUT2D eigenvalue weighted by molar-refractivity contribution is 5.28. The lowest BCUT2D eigenvalue weighted by atomic mass is 9.82. The number of benzene rings is 2. The Balaban J connectivity index is 2.34. The highest BCUT2D eigenvalue weighted by Gasteiger charge is 2.33. The van der Waals surface area contributed by atoms with Crippen LogP contribution in [0.5, 0.6) is 0 Å². The van der Waals surface area contributed by atoms with Crippen LogP contribution >= 0.6 is 0 Å². The van der Waals surface area contributed by atoms with E-state index in [0.717, 1.165) is 11.1 Å². The van der Waals surface area contributed by atoms with E-state index in [-0.39, 0.29) is 6.04 Å². The van der Waals surface area contributed by atoms with Crippen molar-refractivity contribution in [3.8, 4) is 0 Å². The van der Waals surface area contributed by atoms with Crippen LogP contribution in [0.2, 0.25) is 0 Å². The smallest absolute Gasteiger partial charge is 0.108 e. The summed E-state index contributed by atoms with van der Waals surface area (Å²) >= 11 is 0.